The Morgan fingerprint density at radius 3 is 2.32 bits per heavy atom. The molecule has 0 unspecified atom stereocenters. The van der Waals surface area contributed by atoms with E-state index in [-0.39, 0.29) is 24.5 Å². The summed E-state index contributed by atoms with van der Waals surface area (Å²) < 4.78 is 33.8. The molecule has 16 heteroatoms. The summed E-state index contributed by atoms with van der Waals surface area (Å²) in [4.78, 5) is 59.5. The molecule has 41 heavy (non-hydrogen) atoms. The lowest BCUT2D eigenvalue weighted by Gasteiger charge is -2.44. The number of ether oxygens (including phenoxy) is 6. The summed E-state index contributed by atoms with van der Waals surface area (Å²) in [6, 6.07) is 2.93. The van der Waals surface area contributed by atoms with Crippen LogP contribution in [0, 0.1) is 0 Å². The van der Waals surface area contributed by atoms with Gasteiger partial charge in [0.15, 0.2) is 18.5 Å². The first kappa shape index (κ1) is 31.0. The summed E-state index contributed by atoms with van der Waals surface area (Å²) in [7, 11) is 1.17. The smallest absolute Gasteiger partial charge is 0.341 e. The van der Waals surface area contributed by atoms with Crippen molar-refractivity contribution in [2.45, 2.75) is 64.9 Å². The highest BCUT2D eigenvalue weighted by molar-refractivity contribution is 5.93. The number of carbonyl (C=O) groups excluding carboxylic acids is 5. The average Bonchev–Trinajstić information content (AvgIpc) is 3.37. The van der Waals surface area contributed by atoms with Crippen molar-refractivity contribution in [2.75, 3.05) is 13.7 Å². The zero-order chi connectivity index (χ0) is 30.3. The van der Waals surface area contributed by atoms with E-state index >= 15 is 0 Å². The van der Waals surface area contributed by atoms with E-state index in [0.717, 1.165) is 13.8 Å². The van der Waals surface area contributed by atoms with Crippen molar-refractivity contribution in [2.24, 2.45) is 0 Å². The predicted octanol–water partition coefficient (Wildman–Crippen LogP) is -0.0678. The number of aromatic hydroxyl groups is 1. The molecule has 2 heterocycles. The maximum Gasteiger partial charge on any atom is 0.341 e. The monoisotopic (exact) mass is 578 g/mol. The Bertz CT molecular complexity index is 1300. The molecule has 1 amide bonds. The Morgan fingerprint density at radius 1 is 1.02 bits per heavy atom. The fourth-order valence-electron chi connectivity index (χ4n) is 4.10. The van der Waals surface area contributed by atoms with Gasteiger partial charge in [-0.15, -0.1) is 5.10 Å². The third kappa shape index (κ3) is 7.98. The summed E-state index contributed by atoms with van der Waals surface area (Å²) >= 11 is 0. The molecule has 1 aromatic heterocycles. The minimum Gasteiger partial charge on any atom is -0.507 e. The Hall–Kier alpha value is -4.57. The van der Waals surface area contributed by atoms with Gasteiger partial charge in [-0.1, -0.05) is 5.21 Å². The number of methoxy groups -OCH3 is 1. The molecule has 0 aliphatic carbocycles. The molecule has 1 aromatic carbocycles. The number of rotatable bonds is 10. The van der Waals surface area contributed by atoms with Crippen LogP contribution in [0.5, 0.6) is 5.75 Å². The number of benzene rings is 1. The highest BCUT2D eigenvalue weighted by atomic mass is 16.7. The van der Waals surface area contributed by atoms with Crippen molar-refractivity contribution in [3.8, 4) is 11.4 Å². The van der Waals surface area contributed by atoms with E-state index in [9.17, 15) is 29.1 Å². The van der Waals surface area contributed by atoms with Crippen LogP contribution < -0.4 is 5.32 Å². The Labute approximate surface area is 233 Å². The third-order valence-electron chi connectivity index (χ3n) is 5.72. The van der Waals surface area contributed by atoms with Crippen molar-refractivity contribution in [3.05, 3.63) is 35.7 Å². The lowest BCUT2D eigenvalue weighted by Crippen LogP contribution is -2.66. The minimum atomic E-state index is -1.32. The van der Waals surface area contributed by atoms with Gasteiger partial charge < -0.3 is 38.8 Å². The molecule has 3 rings (SSSR count). The first-order chi connectivity index (χ1) is 19.4. The lowest BCUT2D eigenvalue weighted by atomic mass is 9.96. The summed E-state index contributed by atoms with van der Waals surface area (Å²) in [5.74, 6) is -3.73. The Balaban J connectivity index is 1.94. The van der Waals surface area contributed by atoms with E-state index in [1.54, 1.807) is 0 Å². The Kier molecular flexibility index (Phi) is 10.3. The fraction of sp³-hybridized carbons (Fsp3) is 0.480. The maximum absolute atomic E-state index is 12.1. The Morgan fingerprint density at radius 2 is 1.71 bits per heavy atom. The molecule has 0 radical (unpaired) electrons. The van der Waals surface area contributed by atoms with Crippen molar-refractivity contribution in [1.82, 2.24) is 20.3 Å². The highest BCUT2D eigenvalue weighted by Gasteiger charge is 2.51. The molecular weight excluding hydrogens is 548 g/mol. The van der Waals surface area contributed by atoms with Crippen LogP contribution in [-0.2, 0) is 54.2 Å². The van der Waals surface area contributed by atoms with Crippen molar-refractivity contribution < 1.29 is 57.5 Å². The van der Waals surface area contributed by atoms with Crippen molar-refractivity contribution in [3.63, 3.8) is 0 Å². The number of amides is 1. The second-order valence-corrected chi connectivity index (χ2v) is 8.86. The molecule has 222 valence electrons. The second-order valence-electron chi connectivity index (χ2n) is 8.86. The van der Waals surface area contributed by atoms with E-state index in [2.05, 4.69) is 20.4 Å². The van der Waals surface area contributed by atoms with Crippen LogP contribution >= 0.6 is 0 Å². The molecule has 1 aliphatic rings. The first-order valence-corrected chi connectivity index (χ1v) is 12.2. The van der Waals surface area contributed by atoms with Gasteiger partial charge in [0.1, 0.15) is 30.1 Å². The number of carbonyl (C=O) groups is 5. The quantitative estimate of drug-likeness (QED) is 0.280. The van der Waals surface area contributed by atoms with E-state index in [1.807, 2.05) is 0 Å². The van der Waals surface area contributed by atoms with Gasteiger partial charge in [0.2, 0.25) is 5.91 Å². The standard InChI is InChI=1S/C25H30N4O12/c1-12(30)27-21-23(40-15(4)33)22(39-14(3)32)20(11-37-13(2)31)41-25(21)38-10-17-9-26-28-29(17)16-6-7-19(34)18(8-16)24(35)36-5/h6-9,20-23,25,34H,10-11H2,1-5H3,(H,27,30)/t20-,21-,22+,23-,25+/m0/s1. The number of hydrogen-bond acceptors (Lipinski definition) is 14. The maximum atomic E-state index is 12.1. The SMILES string of the molecule is COC(=O)c1cc(-n2nncc2CO[C@@H]2O[C@@H](COC(C)=O)[C@@H](OC(C)=O)[C@@H](OC(C)=O)[C@@H]2NC(C)=O)ccc1O. The molecular formula is C25H30N4O12. The van der Waals surface area contributed by atoms with Gasteiger partial charge in [0.25, 0.3) is 0 Å². The van der Waals surface area contributed by atoms with Gasteiger partial charge in [0, 0.05) is 27.7 Å². The molecule has 1 aliphatic heterocycles. The largest absolute Gasteiger partial charge is 0.507 e. The van der Waals surface area contributed by atoms with Crippen LogP contribution in [0.15, 0.2) is 24.4 Å². The molecule has 2 N–H and O–H groups in total. The second kappa shape index (κ2) is 13.7. The number of esters is 4. The number of phenolic OH excluding ortho intramolecular Hbond substituents is 1. The van der Waals surface area contributed by atoms with Gasteiger partial charge in [-0.2, -0.15) is 0 Å². The number of nitrogens with zero attached hydrogens (tertiary/aromatic N) is 3. The molecule has 16 nitrogen and oxygen atoms in total. The summed E-state index contributed by atoms with van der Waals surface area (Å²) in [5.41, 5.74) is 0.574. The topological polar surface area (TPSA) is 204 Å². The molecule has 0 spiro atoms. The first-order valence-electron chi connectivity index (χ1n) is 12.2. The summed E-state index contributed by atoms with van der Waals surface area (Å²) in [6.07, 6.45) is -3.66. The van der Waals surface area contributed by atoms with Crippen LogP contribution in [0.2, 0.25) is 0 Å². The van der Waals surface area contributed by atoms with E-state index in [0.29, 0.717) is 11.4 Å². The molecule has 2 aromatic rings. The normalized spacial score (nSPS) is 21.8. The molecule has 5 atom stereocenters. The molecule has 1 fully saturated rings. The number of nitrogens with one attached hydrogen (secondary N) is 1. The van der Waals surface area contributed by atoms with Gasteiger partial charge >= 0.3 is 23.9 Å². The number of aromatic nitrogens is 3. The van der Waals surface area contributed by atoms with Crippen LogP contribution in [-0.4, -0.2) is 94.2 Å². The third-order valence-corrected chi connectivity index (χ3v) is 5.72. The van der Waals surface area contributed by atoms with Crippen molar-refractivity contribution >= 4 is 29.8 Å². The predicted molar refractivity (Wildman–Crippen MR) is 133 cm³/mol. The lowest BCUT2D eigenvalue weighted by molar-refractivity contribution is -0.280. The summed E-state index contributed by atoms with van der Waals surface area (Å²) in [5, 5.41) is 20.5. The van der Waals surface area contributed by atoms with Crippen LogP contribution in [0.1, 0.15) is 43.7 Å². The summed E-state index contributed by atoms with van der Waals surface area (Å²) in [6.45, 7) is 4.02. The highest BCUT2D eigenvalue weighted by Crippen LogP contribution is 2.29. The van der Waals surface area contributed by atoms with E-state index < -0.39 is 60.4 Å². The van der Waals surface area contributed by atoms with E-state index in [4.69, 9.17) is 23.7 Å². The van der Waals surface area contributed by atoms with Gasteiger partial charge in [-0.25, -0.2) is 9.48 Å². The van der Waals surface area contributed by atoms with Crippen LogP contribution in [0.25, 0.3) is 5.69 Å². The van der Waals surface area contributed by atoms with Gasteiger partial charge in [-0.3, -0.25) is 19.2 Å². The molecule has 0 bridgehead atoms. The zero-order valence-corrected chi connectivity index (χ0v) is 22.9. The van der Waals surface area contributed by atoms with E-state index in [1.165, 1.54) is 50.0 Å². The van der Waals surface area contributed by atoms with Gasteiger partial charge in [0.05, 0.1) is 31.3 Å². The van der Waals surface area contributed by atoms with Crippen LogP contribution in [0.3, 0.4) is 0 Å². The molecule has 1 saturated heterocycles. The molecule has 0 saturated carbocycles. The minimum absolute atomic E-state index is 0.109. The zero-order valence-electron chi connectivity index (χ0n) is 22.9. The van der Waals surface area contributed by atoms with Crippen molar-refractivity contribution in [1.29, 1.82) is 0 Å². The van der Waals surface area contributed by atoms with Gasteiger partial charge in [-0.05, 0) is 18.2 Å². The van der Waals surface area contributed by atoms with Crippen LogP contribution in [0.4, 0.5) is 0 Å². The number of phenols is 1. The average molecular weight is 579 g/mol. The fourth-order valence-corrected chi connectivity index (χ4v) is 4.10. The number of hydrogen-bond donors (Lipinski definition) is 2.